The lowest BCUT2D eigenvalue weighted by atomic mass is 10.3. The second-order valence-electron chi connectivity index (χ2n) is 2.99. The van der Waals surface area contributed by atoms with Gasteiger partial charge in [0.1, 0.15) is 5.65 Å². The Morgan fingerprint density at radius 3 is 2.93 bits per heavy atom. The maximum Gasteiger partial charge on any atom is 0.359 e. The van der Waals surface area contributed by atoms with Gasteiger partial charge in [-0.05, 0) is 18.6 Å². The maximum absolute atomic E-state index is 13.4. The highest BCUT2D eigenvalue weighted by atomic mass is 19.1. The van der Waals surface area contributed by atoms with E-state index in [1.165, 1.54) is 6.20 Å². The summed E-state index contributed by atoms with van der Waals surface area (Å²) in [6, 6.07) is 3.32. The molecule has 2 heterocycles. The number of carboxylic acids is 1. The molecular weight excluding hydrogens is 187 g/mol. The maximum atomic E-state index is 13.4. The Labute approximate surface area is 78.6 Å². The fourth-order valence-electron chi connectivity index (χ4n) is 1.26. The zero-order chi connectivity index (χ0) is 10.3. The van der Waals surface area contributed by atoms with E-state index in [-0.39, 0.29) is 0 Å². The molecule has 72 valence electrons. The number of aryl methyl sites for hydroxylation is 1. The summed E-state index contributed by atoms with van der Waals surface area (Å²) in [5, 5.41) is 8.62. The molecule has 0 aliphatic rings. The summed E-state index contributed by atoms with van der Waals surface area (Å²) < 4.78 is 14.5. The third-order valence-electron chi connectivity index (χ3n) is 1.91. The number of hydrogen-bond acceptors (Lipinski definition) is 2. The van der Waals surface area contributed by atoms with Crippen molar-refractivity contribution < 1.29 is 14.3 Å². The van der Waals surface area contributed by atoms with E-state index in [4.69, 9.17) is 5.11 Å². The summed E-state index contributed by atoms with van der Waals surface area (Å²) in [5.41, 5.74) is 0.590. The van der Waals surface area contributed by atoms with Crippen molar-refractivity contribution in [3.63, 3.8) is 0 Å². The van der Waals surface area contributed by atoms with Crippen molar-refractivity contribution in [3.05, 3.63) is 35.5 Å². The van der Waals surface area contributed by atoms with Crippen LogP contribution < -0.4 is 0 Å². The van der Waals surface area contributed by atoms with Crippen LogP contribution in [0.1, 0.15) is 16.1 Å². The summed E-state index contributed by atoms with van der Waals surface area (Å²) in [6.45, 7) is 1.79. The highest BCUT2D eigenvalue weighted by molar-refractivity contribution is 5.86. The molecule has 0 aliphatic carbocycles. The molecule has 0 aliphatic heterocycles. The lowest BCUT2D eigenvalue weighted by Crippen LogP contribution is -2.00. The average Bonchev–Trinajstić information content (AvgIpc) is 2.44. The molecular formula is C9H7FN2O2. The first-order valence-corrected chi connectivity index (χ1v) is 3.97. The van der Waals surface area contributed by atoms with Crippen LogP contribution in [0, 0.1) is 12.9 Å². The second-order valence-corrected chi connectivity index (χ2v) is 2.99. The van der Waals surface area contributed by atoms with Crippen LogP contribution in [0.25, 0.3) is 5.65 Å². The molecule has 0 unspecified atom stereocenters. The number of carboxylic acid groups (broad SMARTS) is 1. The van der Waals surface area contributed by atoms with E-state index in [9.17, 15) is 9.18 Å². The van der Waals surface area contributed by atoms with E-state index in [0.717, 1.165) is 9.96 Å². The Balaban J connectivity index is 2.80. The van der Waals surface area contributed by atoms with Gasteiger partial charge >= 0.3 is 5.97 Å². The van der Waals surface area contributed by atoms with Crippen LogP contribution in [-0.4, -0.2) is 20.5 Å². The van der Waals surface area contributed by atoms with Gasteiger partial charge in [0.05, 0.1) is 0 Å². The van der Waals surface area contributed by atoms with Crippen LogP contribution in [0.3, 0.4) is 0 Å². The van der Waals surface area contributed by atoms with Gasteiger partial charge in [-0.15, -0.1) is 0 Å². The van der Waals surface area contributed by atoms with Crippen LogP contribution in [-0.2, 0) is 0 Å². The van der Waals surface area contributed by atoms with Gasteiger partial charge in [0.25, 0.3) is 0 Å². The highest BCUT2D eigenvalue weighted by Crippen LogP contribution is 2.12. The molecule has 2 aromatic rings. The third kappa shape index (κ3) is 1.14. The van der Waals surface area contributed by atoms with Crippen LogP contribution in [0.15, 0.2) is 18.3 Å². The number of rotatable bonds is 1. The van der Waals surface area contributed by atoms with Crippen LogP contribution in [0.2, 0.25) is 0 Å². The van der Waals surface area contributed by atoms with Gasteiger partial charge in [-0.25, -0.2) is 9.78 Å². The molecule has 4 nitrogen and oxygen atoms in total. The molecule has 14 heavy (non-hydrogen) atoms. The number of nitrogens with zero attached hydrogens (tertiary/aromatic N) is 2. The standard InChI is InChI=1S/C9H7FN2O2/c1-5-2-3-6-11-7(9(13)14)8(10)12(6)4-5/h2-4H,1H3,(H,13,14). The summed E-state index contributed by atoms with van der Waals surface area (Å²) in [7, 11) is 0. The molecule has 0 atom stereocenters. The predicted octanol–water partition coefficient (Wildman–Crippen LogP) is 1.48. The van der Waals surface area contributed by atoms with Gasteiger partial charge in [0.2, 0.25) is 11.6 Å². The number of pyridine rings is 1. The Morgan fingerprint density at radius 2 is 2.29 bits per heavy atom. The Kier molecular flexibility index (Phi) is 1.73. The smallest absolute Gasteiger partial charge is 0.359 e. The van der Waals surface area contributed by atoms with Gasteiger partial charge in [0.15, 0.2) is 0 Å². The van der Waals surface area contributed by atoms with Crippen molar-refractivity contribution >= 4 is 11.6 Å². The van der Waals surface area contributed by atoms with Gasteiger partial charge < -0.3 is 5.11 Å². The minimum absolute atomic E-state index is 0.297. The zero-order valence-electron chi connectivity index (χ0n) is 7.36. The normalized spacial score (nSPS) is 10.7. The fourth-order valence-corrected chi connectivity index (χ4v) is 1.26. The molecule has 2 aromatic heterocycles. The van der Waals surface area contributed by atoms with Gasteiger partial charge in [0, 0.05) is 6.20 Å². The number of imidazole rings is 1. The molecule has 0 amide bonds. The first-order valence-electron chi connectivity index (χ1n) is 3.97. The minimum atomic E-state index is -1.36. The van der Waals surface area contributed by atoms with Gasteiger partial charge in [-0.3, -0.25) is 4.40 Å². The monoisotopic (exact) mass is 194 g/mol. The van der Waals surface area contributed by atoms with E-state index in [1.54, 1.807) is 19.1 Å². The quantitative estimate of drug-likeness (QED) is 0.748. The fraction of sp³-hybridized carbons (Fsp3) is 0.111. The first-order chi connectivity index (χ1) is 6.59. The summed E-state index contributed by atoms with van der Waals surface area (Å²) >= 11 is 0. The van der Waals surface area contributed by atoms with Crippen molar-refractivity contribution in [1.82, 2.24) is 9.38 Å². The van der Waals surface area contributed by atoms with Crippen molar-refractivity contribution in [1.29, 1.82) is 0 Å². The largest absolute Gasteiger partial charge is 0.476 e. The van der Waals surface area contributed by atoms with E-state index < -0.39 is 17.6 Å². The number of halogens is 1. The van der Waals surface area contributed by atoms with Crippen molar-refractivity contribution in [2.75, 3.05) is 0 Å². The van der Waals surface area contributed by atoms with Crippen LogP contribution >= 0.6 is 0 Å². The van der Waals surface area contributed by atoms with Gasteiger partial charge in [-0.1, -0.05) is 6.07 Å². The Hall–Kier alpha value is -1.91. The van der Waals surface area contributed by atoms with Crippen LogP contribution in [0.4, 0.5) is 4.39 Å². The van der Waals surface area contributed by atoms with E-state index in [1.807, 2.05) is 0 Å². The molecule has 1 N–H and O–H groups in total. The van der Waals surface area contributed by atoms with Gasteiger partial charge in [-0.2, -0.15) is 4.39 Å². The number of carbonyl (C=O) groups is 1. The highest BCUT2D eigenvalue weighted by Gasteiger charge is 2.17. The zero-order valence-corrected chi connectivity index (χ0v) is 7.36. The Bertz CT molecular complexity index is 519. The topological polar surface area (TPSA) is 54.6 Å². The summed E-state index contributed by atoms with van der Waals surface area (Å²) in [5.74, 6) is -2.19. The molecule has 2 rings (SSSR count). The number of aromatic nitrogens is 2. The molecule has 0 saturated carbocycles. The first kappa shape index (κ1) is 8.68. The molecule has 5 heteroatoms. The molecule has 0 radical (unpaired) electrons. The van der Waals surface area contributed by atoms with Crippen molar-refractivity contribution in [3.8, 4) is 0 Å². The second kappa shape index (κ2) is 2.80. The SMILES string of the molecule is Cc1ccc2nc(C(=O)O)c(F)n2c1. The van der Waals surface area contributed by atoms with E-state index >= 15 is 0 Å². The van der Waals surface area contributed by atoms with E-state index in [0.29, 0.717) is 5.65 Å². The molecule has 0 fully saturated rings. The third-order valence-corrected chi connectivity index (χ3v) is 1.91. The number of aromatic carboxylic acids is 1. The number of hydrogen-bond donors (Lipinski definition) is 1. The predicted molar refractivity (Wildman–Crippen MR) is 46.8 cm³/mol. The summed E-state index contributed by atoms with van der Waals surface area (Å²) in [4.78, 5) is 14.2. The summed E-state index contributed by atoms with van der Waals surface area (Å²) in [6.07, 6.45) is 1.50. The van der Waals surface area contributed by atoms with Crippen molar-refractivity contribution in [2.24, 2.45) is 0 Å². The lowest BCUT2D eigenvalue weighted by molar-refractivity contribution is 0.0685. The van der Waals surface area contributed by atoms with Crippen molar-refractivity contribution in [2.45, 2.75) is 6.92 Å². The molecule has 0 bridgehead atoms. The Morgan fingerprint density at radius 1 is 1.57 bits per heavy atom. The molecule has 0 spiro atoms. The number of fused-ring (bicyclic) bond motifs is 1. The lowest BCUT2D eigenvalue weighted by Gasteiger charge is -1.94. The van der Waals surface area contributed by atoms with E-state index in [2.05, 4.69) is 4.98 Å². The average molecular weight is 194 g/mol. The molecule has 0 aromatic carbocycles. The minimum Gasteiger partial charge on any atom is -0.476 e. The molecule has 0 saturated heterocycles. The van der Waals surface area contributed by atoms with Crippen LogP contribution in [0.5, 0.6) is 0 Å².